The van der Waals surface area contributed by atoms with E-state index < -0.39 is 29.7 Å². The number of halogens is 1. The standard InChI is InChI=1S/C19H26FN3O5/c1-19(2,3)28-17(25)21-12-6-7-22(9-12)16-5-4-13(8-15(16)20)23-10-14(11-24)27-18(23)26/h4-5,8,12,14,24H,6-7,9-11H2,1-3H3,(H,21,25)/t12-,14?/m1/s1. The Kier molecular flexibility index (Phi) is 5.64. The van der Waals surface area contributed by atoms with E-state index in [1.165, 1.54) is 11.0 Å². The van der Waals surface area contributed by atoms with Crippen LogP contribution in [-0.2, 0) is 9.47 Å². The van der Waals surface area contributed by atoms with Crippen LogP contribution in [0.25, 0.3) is 0 Å². The first-order chi connectivity index (χ1) is 13.2. The summed E-state index contributed by atoms with van der Waals surface area (Å²) in [5, 5.41) is 11.9. The van der Waals surface area contributed by atoms with E-state index >= 15 is 0 Å². The molecule has 2 aliphatic rings. The normalized spacial score (nSPS) is 22.4. The van der Waals surface area contributed by atoms with Crippen LogP contribution in [0, 0.1) is 5.82 Å². The van der Waals surface area contributed by atoms with Gasteiger partial charge in [0.15, 0.2) is 0 Å². The maximum atomic E-state index is 14.7. The molecule has 2 amide bonds. The smallest absolute Gasteiger partial charge is 0.414 e. The van der Waals surface area contributed by atoms with Crippen molar-refractivity contribution in [2.45, 2.75) is 44.9 Å². The second-order valence-electron chi connectivity index (χ2n) is 8.01. The first-order valence-electron chi connectivity index (χ1n) is 9.29. The second-order valence-corrected chi connectivity index (χ2v) is 8.01. The highest BCUT2D eigenvalue weighted by Gasteiger charge is 2.33. The summed E-state index contributed by atoms with van der Waals surface area (Å²) < 4.78 is 24.9. The van der Waals surface area contributed by atoms with Gasteiger partial charge in [0, 0.05) is 13.1 Å². The van der Waals surface area contributed by atoms with Crippen LogP contribution in [0.3, 0.4) is 0 Å². The van der Waals surface area contributed by atoms with Gasteiger partial charge in [-0.1, -0.05) is 0 Å². The van der Waals surface area contributed by atoms with Crippen LogP contribution < -0.4 is 15.1 Å². The number of hydrogen-bond acceptors (Lipinski definition) is 6. The molecule has 1 aromatic carbocycles. The van der Waals surface area contributed by atoms with E-state index in [0.717, 1.165) is 0 Å². The molecule has 0 aliphatic carbocycles. The van der Waals surface area contributed by atoms with Crippen LogP contribution in [0.4, 0.5) is 25.4 Å². The Morgan fingerprint density at radius 3 is 2.75 bits per heavy atom. The third-order valence-corrected chi connectivity index (χ3v) is 4.57. The predicted molar refractivity (Wildman–Crippen MR) is 101 cm³/mol. The van der Waals surface area contributed by atoms with E-state index in [1.807, 2.05) is 4.90 Å². The Morgan fingerprint density at radius 1 is 1.39 bits per heavy atom. The number of anilines is 2. The Morgan fingerprint density at radius 2 is 2.14 bits per heavy atom. The predicted octanol–water partition coefficient (Wildman–Crippen LogP) is 2.25. The number of hydrogen-bond donors (Lipinski definition) is 2. The van der Waals surface area contributed by atoms with Crippen molar-refractivity contribution in [1.82, 2.24) is 5.32 Å². The second kappa shape index (κ2) is 7.83. The van der Waals surface area contributed by atoms with E-state index in [2.05, 4.69) is 5.32 Å². The van der Waals surface area contributed by atoms with Crippen molar-refractivity contribution in [1.29, 1.82) is 0 Å². The number of ether oxygens (including phenoxy) is 2. The molecule has 28 heavy (non-hydrogen) atoms. The van der Waals surface area contributed by atoms with Gasteiger partial charge < -0.3 is 24.8 Å². The van der Waals surface area contributed by atoms with Gasteiger partial charge in [-0.3, -0.25) is 4.90 Å². The lowest BCUT2D eigenvalue weighted by Crippen LogP contribution is -2.40. The first-order valence-corrected chi connectivity index (χ1v) is 9.29. The zero-order chi connectivity index (χ0) is 20.5. The lowest BCUT2D eigenvalue weighted by molar-refractivity contribution is 0.0509. The van der Waals surface area contributed by atoms with E-state index in [9.17, 15) is 14.0 Å². The summed E-state index contributed by atoms with van der Waals surface area (Å²) in [6, 6.07) is 4.41. The molecule has 0 saturated carbocycles. The van der Waals surface area contributed by atoms with Gasteiger partial charge in [0.1, 0.15) is 17.5 Å². The molecular weight excluding hydrogens is 369 g/mol. The molecule has 8 nitrogen and oxygen atoms in total. The summed E-state index contributed by atoms with van der Waals surface area (Å²) in [7, 11) is 0. The number of alkyl carbamates (subject to hydrolysis) is 1. The molecule has 1 aromatic rings. The third-order valence-electron chi connectivity index (χ3n) is 4.57. The van der Waals surface area contributed by atoms with Crippen LogP contribution in [-0.4, -0.2) is 61.3 Å². The SMILES string of the molecule is CC(C)(C)OC(=O)N[C@@H]1CCN(c2ccc(N3CC(CO)OC3=O)cc2F)C1. The van der Waals surface area contributed by atoms with Gasteiger partial charge in [0.25, 0.3) is 0 Å². The van der Waals surface area contributed by atoms with E-state index in [4.69, 9.17) is 14.6 Å². The van der Waals surface area contributed by atoms with Crippen LogP contribution in [0.1, 0.15) is 27.2 Å². The van der Waals surface area contributed by atoms with Crippen molar-refractivity contribution in [3.8, 4) is 0 Å². The summed E-state index contributed by atoms with van der Waals surface area (Å²) in [6.07, 6.45) is -1.01. The Bertz CT molecular complexity index is 752. The minimum atomic E-state index is -0.603. The quantitative estimate of drug-likeness (QED) is 0.813. The van der Waals surface area contributed by atoms with Crippen LogP contribution in [0.15, 0.2) is 18.2 Å². The molecular formula is C19H26FN3O5. The number of rotatable bonds is 4. The number of carbonyl (C=O) groups is 2. The lowest BCUT2D eigenvalue weighted by atomic mass is 10.2. The maximum Gasteiger partial charge on any atom is 0.414 e. The monoisotopic (exact) mass is 395 g/mol. The first kappa shape index (κ1) is 20.2. The largest absolute Gasteiger partial charge is 0.444 e. The minimum absolute atomic E-state index is 0.132. The maximum absolute atomic E-state index is 14.7. The Hall–Kier alpha value is -2.55. The van der Waals surface area contributed by atoms with Gasteiger partial charge in [-0.25, -0.2) is 14.0 Å². The average Bonchev–Trinajstić information content (AvgIpc) is 3.19. The van der Waals surface area contributed by atoms with Crippen molar-refractivity contribution in [2.75, 3.05) is 36.0 Å². The number of aliphatic hydroxyl groups is 1. The molecule has 0 aromatic heterocycles. The molecule has 2 fully saturated rings. The number of nitrogens with zero attached hydrogens (tertiary/aromatic N) is 2. The molecule has 2 heterocycles. The van der Waals surface area contributed by atoms with E-state index in [0.29, 0.717) is 30.9 Å². The number of aliphatic hydroxyl groups excluding tert-OH is 1. The highest BCUT2D eigenvalue weighted by molar-refractivity contribution is 5.90. The van der Waals surface area contributed by atoms with E-state index in [1.54, 1.807) is 32.9 Å². The van der Waals surface area contributed by atoms with Gasteiger partial charge in [0.05, 0.1) is 30.6 Å². The Labute approximate surface area is 163 Å². The molecule has 0 spiro atoms. The topological polar surface area (TPSA) is 91.3 Å². The van der Waals surface area contributed by atoms with Gasteiger partial charge in [-0.15, -0.1) is 0 Å². The minimum Gasteiger partial charge on any atom is -0.444 e. The third kappa shape index (κ3) is 4.64. The van der Waals surface area contributed by atoms with Crippen molar-refractivity contribution < 1.29 is 28.6 Å². The zero-order valence-corrected chi connectivity index (χ0v) is 16.3. The summed E-state index contributed by atoms with van der Waals surface area (Å²) in [5.74, 6) is -0.462. The summed E-state index contributed by atoms with van der Waals surface area (Å²) >= 11 is 0. The molecule has 0 radical (unpaired) electrons. The lowest BCUT2D eigenvalue weighted by Gasteiger charge is -2.23. The number of nitrogens with one attached hydrogen (secondary N) is 1. The molecule has 1 unspecified atom stereocenters. The summed E-state index contributed by atoms with van der Waals surface area (Å²) in [4.78, 5) is 26.9. The van der Waals surface area contributed by atoms with Crippen LogP contribution in [0.2, 0.25) is 0 Å². The Balaban J connectivity index is 1.62. The molecule has 2 N–H and O–H groups in total. The van der Waals surface area contributed by atoms with Gasteiger partial charge >= 0.3 is 12.2 Å². The summed E-state index contributed by atoms with van der Waals surface area (Å²) in [5.41, 5.74) is 0.212. The fourth-order valence-electron chi connectivity index (χ4n) is 3.32. The van der Waals surface area contributed by atoms with Crippen LogP contribution >= 0.6 is 0 Å². The number of carbonyl (C=O) groups excluding carboxylic acids is 2. The molecule has 3 rings (SSSR count). The zero-order valence-electron chi connectivity index (χ0n) is 16.3. The molecule has 0 bridgehead atoms. The molecule has 2 aliphatic heterocycles. The van der Waals surface area contributed by atoms with E-state index in [-0.39, 0.29) is 19.2 Å². The molecule has 2 atom stereocenters. The van der Waals surface area contributed by atoms with Gasteiger partial charge in [-0.05, 0) is 45.4 Å². The average molecular weight is 395 g/mol. The van der Waals surface area contributed by atoms with Crippen molar-refractivity contribution in [3.05, 3.63) is 24.0 Å². The van der Waals surface area contributed by atoms with Crippen molar-refractivity contribution in [2.24, 2.45) is 0 Å². The molecule has 9 heteroatoms. The fraction of sp³-hybridized carbons (Fsp3) is 0.579. The number of amides is 2. The van der Waals surface area contributed by atoms with Crippen molar-refractivity contribution in [3.63, 3.8) is 0 Å². The van der Waals surface area contributed by atoms with Crippen molar-refractivity contribution >= 4 is 23.6 Å². The van der Waals surface area contributed by atoms with Gasteiger partial charge in [-0.2, -0.15) is 0 Å². The molecule has 154 valence electrons. The fourth-order valence-corrected chi connectivity index (χ4v) is 3.32. The highest BCUT2D eigenvalue weighted by atomic mass is 19.1. The van der Waals surface area contributed by atoms with Crippen LogP contribution in [0.5, 0.6) is 0 Å². The highest BCUT2D eigenvalue weighted by Crippen LogP contribution is 2.29. The van der Waals surface area contributed by atoms with Gasteiger partial charge in [0.2, 0.25) is 0 Å². The number of cyclic esters (lactones) is 1. The summed E-state index contributed by atoms with van der Waals surface area (Å²) in [6.45, 7) is 6.35. The molecule has 2 saturated heterocycles. The number of benzene rings is 1.